The fourth-order valence-electron chi connectivity index (χ4n) is 3.79. The zero-order valence-corrected chi connectivity index (χ0v) is 19.5. The minimum Gasteiger partial charge on any atom is -0.448 e. The highest BCUT2D eigenvalue weighted by atomic mass is 32.1. The van der Waals surface area contributed by atoms with E-state index in [2.05, 4.69) is 15.3 Å². The molecule has 32 heavy (non-hydrogen) atoms. The molecule has 0 aliphatic heterocycles. The Morgan fingerprint density at radius 1 is 1.19 bits per heavy atom. The maximum absolute atomic E-state index is 13.3. The van der Waals surface area contributed by atoms with Crippen LogP contribution >= 0.6 is 22.7 Å². The second-order valence-corrected chi connectivity index (χ2v) is 9.47. The minimum absolute atomic E-state index is 0.0941. The van der Waals surface area contributed by atoms with Gasteiger partial charge in [-0.1, -0.05) is 49.6 Å². The quantitative estimate of drug-likeness (QED) is 0.460. The normalized spacial score (nSPS) is 15.2. The largest absolute Gasteiger partial charge is 0.448 e. The van der Waals surface area contributed by atoms with Crippen molar-refractivity contribution in [2.75, 3.05) is 10.2 Å². The lowest BCUT2D eigenvalue weighted by Crippen LogP contribution is -2.47. The van der Waals surface area contributed by atoms with Crippen molar-refractivity contribution < 1.29 is 14.3 Å². The monoisotopic (exact) mass is 470 g/mol. The first kappa shape index (κ1) is 22.4. The van der Waals surface area contributed by atoms with Gasteiger partial charge in [0.25, 0.3) is 5.91 Å². The van der Waals surface area contributed by atoms with Gasteiger partial charge in [0.1, 0.15) is 0 Å². The molecule has 1 saturated carbocycles. The highest BCUT2D eigenvalue weighted by Gasteiger charge is 2.33. The Morgan fingerprint density at radius 3 is 2.69 bits per heavy atom. The Hall–Kier alpha value is -2.78. The van der Waals surface area contributed by atoms with E-state index in [4.69, 9.17) is 4.74 Å². The minimum atomic E-state index is -0.921. The van der Waals surface area contributed by atoms with Gasteiger partial charge in [0.05, 0.1) is 0 Å². The van der Waals surface area contributed by atoms with Crippen molar-refractivity contribution in [2.24, 2.45) is 0 Å². The van der Waals surface area contributed by atoms with E-state index in [0.717, 1.165) is 31.2 Å². The van der Waals surface area contributed by atoms with Gasteiger partial charge in [-0.05, 0) is 25.3 Å². The van der Waals surface area contributed by atoms with E-state index in [9.17, 15) is 9.59 Å². The first-order valence-electron chi connectivity index (χ1n) is 10.8. The highest BCUT2D eigenvalue weighted by molar-refractivity contribution is 7.14. The number of rotatable bonds is 8. The summed E-state index contributed by atoms with van der Waals surface area (Å²) >= 11 is 2.76. The smallest absolute Gasteiger partial charge is 0.358 e. The fourth-order valence-corrected chi connectivity index (χ4v) is 5.19. The van der Waals surface area contributed by atoms with Gasteiger partial charge in [0.15, 0.2) is 22.1 Å². The standard InChI is InChI=1S/C23H26N4O3S2/c1-16(20(28)27(23-24-12-13-31-23)18-10-6-3-7-11-18)30-21(29)19-15-32-22(26-19)25-14-17-8-4-2-5-9-17/h2,4-5,8-9,12-13,15-16,18H,3,6-7,10-11,14H2,1H3,(H,25,26). The van der Waals surface area contributed by atoms with E-state index in [0.29, 0.717) is 16.8 Å². The molecule has 1 aliphatic rings. The van der Waals surface area contributed by atoms with Crippen LogP contribution in [0.2, 0.25) is 0 Å². The number of benzene rings is 1. The van der Waals surface area contributed by atoms with Crippen molar-refractivity contribution in [3.05, 3.63) is 58.5 Å². The van der Waals surface area contributed by atoms with Crippen LogP contribution in [0.15, 0.2) is 47.3 Å². The number of nitrogens with zero attached hydrogens (tertiary/aromatic N) is 3. The molecule has 9 heteroatoms. The van der Waals surface area contributed by atoms with Gasteiger partial charge < -0.3 is 10.1 Å². The number of hydrogen-bond donors (Lipinski definition) is 1. The lowest BCUT2D eigenvalue weighted by Gasteiger charge is -2.33. The van der Waals surface area contributed by atoms with Crippen molar-refractivity contribution >= 4 is 44.8 Å². The van der Waals surface area contributed by atoms with Crippen LogP contribution in [0.4, 0.5) is 10.3 Å². The van der Waals surface area contributed by atoms with Gasteiger partial charge in [0, 0.05) is 29.5 Å². The number of aromatic nitrogens is 2. The molecule has 1 aliphatic carbocycles. The number of hydrogen-bond acceptors (Lipinski definition) is 8. The van der Waals surface area contributed by atoms with E-state index in [1.165, 1.54) is 29.1 Å². The molecule has 2 aromatic heterocycles. The van der Waals surface area contributed by atoms with Crippen LogP contribution in [-0.2, 0) is 16.1 Å². The third-order valence-electron chi connectivity index (χ3n) is 5.43. The van der Waals surface area contributed by atoms with E-state index in [1.54, 1.807) is 23.4 Å². The van der Waals surface area contributed by atoms with Gasteiger partial charge in [0.2, 0.25) is 0 Å². The predicted molar refractivity (Wildman–Crippen MR) is 127 cm³/mol. The van der Waals surface area contributed by atoms with Crippen LogP contribution in [0.5, 0.6) is 0 Å². The molecule has 168 valence electrons. The van der Waals surface area contributed by atoms with Crippen LogP contribution in [0.25, 0.3) is 0 Å². The molecule has 1 atom stereocenters. The van der Waals surface area contributed by atoms with Crippen molar-refractivity contribution in [1.82, 2.24) is 9.97 Å². The Bertz CT molecular complexity index is 1020. The molecule has 1 N–H and O–H groups in total. The summed E-state index contributed by atoms with van der Waals surface area (Å²) in [6.45, 7) is 2.23. The summed E-state index contributed by atoms with van der Waals surface area (Å²) < 4.78 is 5.51. The van der Waals surface area contributed by atoms with E-state index in [-0.39, 0.29) is 17.6 Å². The third kappa shape index (κ3) is 5.52. The Balaban J connectivity index is 1.38. The second-order valence-electron chi connectivity index (χ2n) is 7.74. The van der Waals surface area contributed by atoms with Crippen molar-refractivity contribution in [2.45, 2.75) is 57.7 Å². The molecule has 1 fully saturated rings. The molecule has 1 amide bonds. The van der Waals surface area contributed by atoms with Gasteiger partial charge in [-0.2, -0.15) is 0 Å². The maximum atomic E-state index is 13.3. The summed E-state index contributed by atoms with van der Waals surface area (Å²) in [5, 5.41) is 8.00. The van der Waals surface area contributed by atoms with Gasteiger partial charge in [-0.15, -0.1) is 22.7 Å². The first-order chi connectivity index (χ1) is 15.6. The lowest BCUT2D eigenvalue weighted by molar-refractivity contribution is -0.127. The summed E-state index contributed by atoms with van der Waals surface area (Å²) in [6.07, 6.45) is 6.01. The van der Waals surface area contributed by atoms with Crippen molar-refractivity contribution in [3.63, 3.8) is 0 Å². The molecule has 4 rings (SSSR count). The maximum Gasteiger partial charge on any atom is 0.358 e. The summed E-state index contributed by atoms with van der Waals surface area (Å²) in [7, 11) is 0. The summed E-state index contributed by atoms with van der Waals surface area (Å²) in [4.78, 5) is 36.3. The van der Waals surface area contributed by atoms with Crippen molar-refractivity contribution in [3.8, 4) is 0 Å². The van der Waals surface area contributed by atoms with Crippen LogP contribution in [0, 0.1) is 0 Å². The molecule has 0 spiro atoms. The number of esters is 1. The van der Waals surface area contributed by atoms with E-state index >= 15 is 0 Å². The van der Waals surface area contributed by atoms with Crippen molar-refractivity contribution in [1.29, 1.82) is 0 Å². The molecule has 0 bridgehead atoms. The van der Waals surface area contributed by atoms with E-state index in [1.807, 2.05) is 35.7 Å². The average molecular weight is 471 g/mol. The number of amides is 1. The SMILES string of the molecule is CC(OC(=O)c1csc(NCc2ccccc2)n1)C(=O)N(c1nccs1)C1CCCCC1. The summed E-state index contributed by atoms with van der Waals surface area (Å²) in [5.41, 5.74) is 1.32. The zero-order valence-electron chi connectivity index (χ0n) is 17.9. The fraction of sp³-hybridized carbons (Fsp3) is 0.391. The molecule has 2 heterocycles. The first-order valence-corrected chi connectivity index (χ1v) is 12.5. The Morgan fingerprint density at radius 2 is 1.97 bits per heavy atom. The van der Waals surface area contributed by atoms with Gasteiger partial charge >= 0.3 is 5.97 Å². The highest BCUT2D eigenvalue weighted by Crippen LogP contribution is 2.30. The van der Waals surface area contributed by atoms with Crippen LogP contribution in [0.1, 0.15) is 55.1 Å². The summed E-state index contributed by atoms with van der Waals surface area (Å²) in [6, 6.07) is 10.0. The molecular formula is C23H26N4O3S2. The number of nitrogens with one attached hydrogen (secondary N) is 1. The number of anilines is 2. The summed E-state index contributed by atoms with van der Waals surface area (Å²) in [5.74, 6) is -0.838. The molecule has 7 nitrogen and oxygen atoms in total. The molecule has 0 saturated heterocycles. The third-order valence-corrected chi connectivity index (χ3v) is 7.00. The number of thiazole rings is 2. The van der Waals surface area contributed by atoms with Gasteiger partial charge in [-0.25, -0.2) is 14.8 Å². The predicted octanol–water partition coefficient (Wildman–Crippen LogP) is 5.12. The molecular weight excluding hydrogens is 444 g/mol. The Labute approximate surface area is 195 Å². The molecule has 1 aromatic carbocycles. The molecule has 0 radical (unpaired) electrons. The van der Waals surface area contributed by atoms with Crippen LogP contribution < -0.4 is 10.2 Å². The number of ether oxygens (including phenoxy) is 1. The number of carbonyl (C=O) groups is 2. The van der Waals surface area contributed by atoms with Crippen LogP contribution in [-0.4, -0.2) is 34.0 Å². The van der Waals surface area contributed by atoms with E-state index < -0.39 is 12.1 Å². The lowest BCUT2D eigenvalue weighted by atomic mass is 9.94. The molecule has 3 aromatic rings. The second kappa shape index (κ2) is 10.7. The average Bonchev–Trinajstić information content (AvgIpc) is 3.52. The topological polar surface area (TPSA) is 84.4 Å². The molecule has 1 unspecified atom stereocenters. The Kier molecular flexibility index (Phi) is 7.49. The van der Waals surface area contributed by atoms with Gasteiger partial charge in [-0.3, -0.25) is 9.69 Å². The van der Waals surface area contributed by atoms with Crippen LogP contribution in [0.3, 0.4) is 0 Å². The zero-order chi connectivity index (χ0) is 22.3. The number of carbonyl (C=O) groups excluding carboxylic acids is 2.